The number of urea groups is 1. The third-order valence-electron chi connectivity index (χ3n) is 4.01. The van der Waals surface area contributed by atoms with Gasteiger partial charge in [0.15, 0.2) is 0 Å². The number of carbonyl (C=O) groups is 2. The Balaban J connectivity index is 1.95. The molecule has 23 heavy (non-hydrogen) atoms. The zero-order valence-electron chi connectivity index (χ0n) is 13.0. The third kappa shape index (κ3) is 3.18. The minimum Gasteiger partial charge on any atom is -0.352 e. The smallest absolute Gasteiger partial charge is 0.312 e. The topological polar surface area (TPSA) is 75.4 Å². The molecule has 1 heterocycles. The molecule has 0 radical (unpaired) electrons. The second-order valence-electron chi connectivity index (χ2n) is 5.81. The van der Waals surface area contributed by atoms with E-state index in [-0.39, 0.29) is 5.91 Å². The van der Waals surface area contributed by atoms with Crippen LogP contribution in [-0.2, 0) is 17.8 Å². The molecular formula is C18H19N3O2. The van der Waals surface area contributed by atoms with E-state index in [0.717, 1.165) is 22.4 Å². The molecule has 0 spiro atoms. The Hall–Kier alpha value is -2.82. The average Bonchev–Trinajstić information content (AvgIpc) is 2.51. The highest BCUT2D eigenvalue weighted by atomic mass is 16.2. The quantitative estimate of drug-likeness (QED) is 0.911. The lowest BCUT2D eigenvalue weighted by molar-refractivity contribution is -0.120. The third-order valence-corrected chi connectivity index (χ3v) is 4.01. The predicted molar refractivity (Wildman–Crippen MR) is 89.0 cm³/mol. The molecule has 5 nitrogen and oxygen atoms in total. The Labute approximate surface area is 135 Å². The van der Waals surface area contributed by atoms with Crippen molar-refractivity contribution >= 4 is 17.6 Å². The second kappa shape index (κ2) is 6.12. The number of carbonyl (C=O) groups excluding carboxylic acids is 2. The lowest BCUT2D eigenvalue weighted by Gasteiger charge is -2.34. The van der Waals surface area contributed by atoms with Crippen LogP contribution in [0, 0.1) is 6.92 Å². The van der Waals surface area contributed by atoms with Crippen molar-refractivity contribution in [3.8, 4) is 0 Å². The highest BCUT2D eigenvalue weighted by molar-refractivity contribution is 6.01. The van der Waals surface area contributed by atoms with Crippen LogP contribution in [0.5, 0.6) is 0 Å². The normalized spacial score (nSPS) is 16.8. The van der Waals surface area contributed by atoms with E-state index in [2.05, 4.69) is 11.4 Å². The molecule has 3 amide bonds. The van der Waals surface area contributed by atoms with Gasteiger partial charge in [-0.15, -0.1) is 0 Å². The molecular weight excluding hydrogens is 290 g/mol. The number of para-hydroxylation sites is 1. The zero-order valence-corrected chi connectivity index (χ0v) is 13.0. The van der Waals surface area contributed by atoms with E-state index in [9.17, 15) is 9.59 Å². The van der Waals surface area contributed by atoms with Gasteiger partial charge in [0.25, 0.3) is 0 Å². The first-order valence-corrected chi connectivity index (χ1v) is 7.55. The highest BCUT2D eigenvalue weighted by Gasteiger charge is 2.33. The number of nitrogens with two attached hydrogens (primary N) is 1. The van der Waals surface area contributed by atoms with Crippen molar-refractivity contribution in [2.24, 2.45) is 5.73 Å². The van der Waals surface area contributed by atoms with Crippen LogP contribution >= 0.6 is 0 Å². The van der Waals surface area contributed by atoms with Crippen molar-refractivity contribution in [3.63, 3.8) is 0 Å². The van der Waals surface area contributed by atoms with Crippen molar-refractivity contribution in [1.29, 1.82) is 0 Å². The molecule has 0 fully saturated rings. The Bertz CT molecular complexity index is 757. The van der Waals surface area contributed by atoms with Gasteiger partial charge in [-0.25, -0.2) is 4.79 Å². The van der Waals surface area contributed by atoms with E-state index in [1.807, 2.05) is 49.4 Å². The second-order valence-corrected chi connectivity index (χ2v) is 5.81. The minimum atomic E-state index is -0.682. The van der Waals surface area contributed by atoms with Crippen LogP contribution in [0.2, 0.25) is 0 Å². The minimum absolute atomic E-state index is 0.135. The van der Waals surface area contributed by atoms with Crippen LogP contribution in [0.15, 0.2) is 48.5 Å². The Kier molecular flexibility index (Phi) is 4.02. The van der Waals surface area contributed by atoms with Gasteiger partial charge in [0.05, 0.1) is 6.54 Å². The van der Waals surface area contributed by atoms with Crippen molar-refractivity contribution in [1.82, 2.24) is 5.32 Å². The fraction of sp³-hybridized carbons (Fsp3) is 0.222. The molecule has 0 aliphatic carbocycles. The fourth-order valence-electron chi connectivity index (χ4n) is 3.00. The summed E-state index contributed by atoms with van der Waals surface area (Å²) in [6, 6.07) is 14.5. The highest BCUT2D eigenvalue weighted by Crippen LogP contribution is 2.29. The van der Waals surface area contributed by atoms with Crippen molar-refractivity contribution in [2.45, 2.75) is 25.9 Å². The Morgan fingerprint density at radius 1 is 1.26 bits per heavy atom. The van der Waals surface area contributed by atoms with Gasteiger partial charge < -0.3 is 16.0 Å². The summed E-state index contributed by atoms with van der Waals surface area (Å²) in [7, 11) is 0. The van der Waals surface area contributed by atoms with Crippen LogP contribution in [-0.4, -0.2) is 18.0 Å². The molecule has 0 bridgehead atoms. The Morgan fingerprint density at radius 2 is 2.04 bits per heavy atom. The summed E-state index contributed by atoms with van der Waals surface area (Å²) in [6.07, 6.45) is 0.461. The summed E-state index contributed by atoms with van der Waals surface area (Å²) in [5.41, 5.74) is 9.31. The summed E-state index contributed by atoms with van der Waals surface area (Å²) in [6.45, 7) is 2.49. The van der Waals surface area contributed by atoms with Crippen LogP contribution < -0.4 is 16.0 Å². The van der Waals surface area contributed by atoms with Gasteiger partial charge >= 0.3 is 6.03 Å². The zero-order chi connectivity index (χ0) is 16.4. The number of primary amides is 1. The number of nitrogens with zero attached hydrogens (tertiary/aromatic N) is 1. The van der Waals surface area contributed by atoms with Crippen LogP contribution in [0.4, 0.5) is 10.5 Å². The van der Waals surface area contributed by atoms with Crippen molar-refractivity contribution in [2.75, 3.05) is 4.90 Å². The monoisotopic (exact) mass is 309 g/mol. The molecule has 0 unspecified atom stereocenters. The number of fused-ring (bicyclic) bond motifs is 1. The van der Waals surface area contributed by atoms with Gasteiger partial charge in [0.2, 0.25) is 5.91 Å². The van der Waals surface area contributed by atoms with Crippen LogP contribution in [0.1, 0.15) is 16.7 Å². The van der Waals surface area contributed by atoms with E-state index in [1.165, 1.54) is 0 Å². The molecule has 3 N–H and O–H groups in total. The van der Waals surface area contributed by atoms with Gasteiger partial charge in [0, 0.05) is 12.1 Å². The van der Waals surface area contributed by atoms with Gasteiger partial charge in [-0.3, -0.25) is 4.79 Å². The first kappa shape index (κ1) is 15.1. The number of hydrogen-bond donors (Lipinski definition) is 2. The molecule has 3 rings (SSSR count). The Morgan fingerprint density at radius 3 is 2.78 bits per heavy atom. The van der Waals surface area contributed by atoms with Crippen LogP contribution in [0.25, 0.3) is 0 Å². The van der Waals surface area contributed by atoms with Crippen molar-refractivity contribution in [3.05, 3.63) is 65.2 Å². The SMILES string of the molecule is Cc1cccc(CN2C(=O)[C@H](NC(N)=O)Cc3ccccc32)c1. The molecule has 1 aliphatic heterocycles. The number of benzene rings is 2. The van der Waals surface area contributed by atoms with E-state index in [1.54, 1.807) is 4.90 Å². The van der Waals surface area contributed by atoms with Gasteiger partial charge in [0.1, 0.15) is 6.04 Å². The molecule has 2 aromatic carbocycles. The predicted octanol–water partition coefficient (Wildman–Crippen LogP) is 2.12. The number of aryl methyl sites for hydroxylation is 1. The van der Waals surface area contributed by atoms with Crippen molar-refractivity contribution < 1.29 is 9.59 Å². The molecule has 1 atom stereocenters. The lowest BCUT2D eigenvalue weighted by Crippen LogP contribution is -2.53. The van der Waals surface area contributed by atoms with Gasteiger partial charge in [-0.2, -0.15) is 0 Å². The molecule has 0 saturated carbocycles. The summed E-state index contributed by atoms with van der Waals surface area (Å²) in [4.78, 5) is 25.7. The molecule has 1 aliphatic rings. The maximum absolute atomic E-state index is 12.8. The van der Waals surface area contributed by atoms with E-state index in [0.29, 0.717) is 13.0 Å². The number of nitrogens with one attached hydrogen (secondary N) is 1. The summed E-state index contributed by atoms with van der Waals surface area (Å²) >= 11 is 0. The number of hydrogen-bond acceptors (Lipinski definition) is 2. The fourth-order valence-corrected chi connectivity index (χ4v) is 3.00. The van der Waals surface area contributed by atoms with Crippen LogP contribution in [0.3, 0.4) is 0 Å². The number of amides is 3. The molecule has 2 aromatic rings. The summed E-state index contributed by atoms with van der Waals surface area (Å²) in [5, 5.41) is 2.55. The average molecular weight is 309 g/mol. The molecule has 5 heteroatoms. The maximum Gasteiger partial charge on any atom is 0.312 e. The maximum atomic E-state index is 12.8. The lowest BCUT2D eigenvalue weighted by atomic mass is 9.96. The van der Waals surface area contributed by atoms with E-state index in [4.69, 9.17) is 5.73 Å². The van der Waals surface area contributed by atoms with E-state index >= 15 is 0 Å². The van der Waals surface area contributed by atoms with Gasteiger partial charge in [-0.05, 0) is 24.1 Å². The summed E-state index contributed by atoms with van der Waals surface area (Å²) in [5.74, 6) is -0.135. The standard InChI is InChI=1S/C18H19N3O2/c1-12-5-4-6-13(9-12)11-21-16-8-3-2-7-14(16)10-15(17(21)22)20-18(19)23/h2-9,15H,10-11H2,1H3,(H3,19,20,23)/t15-/m1/s1. The summed E-state index contributed by atoms with van der Waals surface area (Å²) < 4.78 is 0. The van der Waals surface area contributed by atoms with E-state index < -0.39 is 12.1 Å². The number of rotatable bonds is 3. The molecule has 118 valence electrons. The molecule has 0 saturated heterocycles. The first-order valence-electron chi connectivity index (χ1n) is 7.55. The van der Waals surface area contributed by atoms with Gasteiger partial charge in [-0.1, -0.05) is 48.0 Å². The first-order chi connectivity index (χ1) is 11.0. The largest absolute Gasteiger partial charge is 0.352 e. The molecule has 0 aromatic heterocycles. The number of anilines is 1.